The molecule has 0 radical (unpaired) electrons. The fraction of sp³-hybridized carbons (Fsp3) is 0.727. The van der Waals surface area contributed by atoms with Crippen LogP contribution in [0.5, 0.6) is 0 Å². The number of ether oxygens (including phenoxy) is 1. The molecule has 1 atom stereocenters. The number of esters is 1. The summed E-state index contributed by atoms with van der Waals surface area (Å²) in [5, 5.41) is 10.4. The summed E-state index contributed by atoms with van der Waals surface area (Å²) >= 11 is 0. The van der Waals surface area contributed by atoms with Gasteiger partial charge in [-0.25, -0.2) is 0 Å². The van der Waals surface area contributed by atoms with Crippen molar-refractivity contribution in [3.05, 3.63) is 23.3 Å². The molecule has 1 rings (SSSR count). The number of unbranched alkanes of at least 4 members (excludes halogenated alkanes) is 4. The van der Waals surface area contributed by atoms with Crippen molar-refractivity contribution in [1.29, 1.82) is 0 Å². The molecule has 148 valence electrons. The second-order valence-electron chi connectivity index (χ2n) is 7.62. The lowest BCUT2D eigenvalue weighted by atomic mass is 9.94. The largest absolute Gasteiger partial charge is 0.469 e. The molecule has 0 bridgehead atoms. The van der Waals surface area contributed by atoms with Crippen LogP contribution in [-0.4, -0.2) is 29.6 Å². The zero-order chi connectivity index (χ0) is 19.4. The summed E-state index contributed by atoms with van der Waals surface area (Å²) < 4.78 is 4.63. The van der Waals surface area contributed by atoms with Gasteiger partial charge in [0.25, 0.3) is 0 Å². The number of rotatable bonds is 13. The van der Waals surface area contributed by atoms with Gasteiger partial charge in [0.2, 0.25) is 0 Å². The number of carbonyl (C=O) groups excluding carboxylic acids is 2. The van der Waals surface area contributed by atoms with E-state index in [1.165, 1.54) is 7.11 Å². The van der Waals surface area contributed by atoms with Gasteiger partial charge in [-0.15, -0.1) is 0 Å². The highest BCUT2D eigenvalue weighted by Gasteiger charge is 2.21. The van der Waals surface area contributed by atoms with Gasteiger partial charge in [0.05, 0.1) is 12.7 Å². The minimum atomic E-state index is -0.657. The average molecular weight is 365 g/mol. The molecule has 0 aliphatic heterocycles. The normalized spacial score (nSPS) is 17.2. The van der Waals surface area contributed by atoms with Crippen LogP contribution in [0.4, 0.5) is 0 Å². The minimum Gasteiger partial charge on any atom is -0.469 e. The summed E-state index contributed by atoms with van der Waals surface area (Å²) in [5.41, 5.74) is 1.47. The smallest absolute Gasteiger partial charge is 0.305 e. The van der Waals surface area contributed by atoms with Crippen LogP contribution in [0.25, 0.3) is 0 Å². The number of ketones is 1. The fourth-order valence-electron chi connectivity index (χ4n) is 3.35. The SMILES string of the molecule is CCCC[C@](C)(O)C/C=C/C1=C(CCCCCCC(=O)OC)C(=O)CC1. The van der Waals surface area contributed by atoms with Crippen molar-refractivity contribution in [3.8, 4) is 0 Å². The summed E-state index contributed by atoms with van der Waals surface area (Å²) in [4.78, 5) is 23.2. The van der Waals surface area contributed by atoms with E-state index in [0.717, 1.165) is 68.9 Å². The topological polar surface area (TPSA) is 63.6 Å². The predicted molar refractivity (Wildman–Crippen MR) is 105 cm³/mol. The van der Waals surface area contributed by atoms with Gasteiger partial charge in [-0.2, -0.15) is 0 Å². The standard InChI is InChI=1S/C22H36O4/c1-4-5-16-22(2,25)17-10-11-18-14-15-20(23)19(18)12-8-6-7-9-13-21(24)26-3/h10-11,25H,4-9,12-17H2,1-3H3/b11-10+/t22-/m0/s1. The Labute approximate surface area is 158 Å². The first kappa shape index (κ1) is 22.6. The van der Waals surface area contributed by atoms with Crippen molar-refractivity contribution in [1.82, 2.24) is 0 Å². The number of methoxy groups -OCH3 is 1. The maximum Gasteiger partial charge on any atom is 0.305 e. The van der Waals surface area contributed by atoms with Crippen LogP contribution in [-0.2, 0) is 14.3 Å². The van der Waals surface area contributed by atoms with Crippen LogP contribution in [0.3, 0.4) is 0 Å². The Morgan fingerprint density at radius 1 is 1.19 bits per heavy atom. The van der Waals surface area contributed by atoms with Crippen molar-refractivity contribution in [2.24, 2.45) is 0 Å². The zero-order valence-electron chi connectivity index (χ0n) is 16.8. The van der Waals surface area contributed by atoms with E-state index in [0.29, 0.717) is 19.3 Å². The van der Waals surface area contributed by atoms with Crippen LogP contribution in [0.15, 0.2) is 23.3 Å². The summed E-state index contributed by atoms with van der Waals surface area (Å²) in [6.07, 6.45) is 14.2. The Balaban J connectivity index is 2.42. The van der Waals surface area contributed by atoms with Gasteiger partial charge in [0, 0.05) is 12.8 Å². The van der Waals surface area contributed by atoms with Crippen molar-refractivity contribution in [3.63, 3.8) is 0 Å². The van der Waals surface area contributed by atoms with Gasteiger partial charge in [0.1, 0.15) is 0 Å². The summed E-state index contributed by atoms with van der Waals surface area (Å²) in [5.74, 6) is 0.123. The molecule has 4 heteroatoms. The molecule has 0 aromatic carbocycles. The lowest BCUT2D eigenvalue weighted by Crippen LogP contribution is -2.22. The van der Waals surface area contributed by atoms with E-state index in [1.54, 1.807) is 0 Å². The van der Waals surface area contributed by atoms with Gasteiger partial charge >= 0.3 is 5.97 Å². The van der Waals surface area contributed by atoms with Crippen LogP contribution < -0.4 is 0 Å². The number of aliphatic hydroxyl groups is 1. The number of carbonyl (C=O) groups is 2. The van der Waals surface area contributed by atoms with Crippen LogP contribution >= 0.6 is 0 Å². The summed E-state index contributed by atoms with van der Waals surface area (Å²) in [6.45, 7) is 4.01. The lowest BCUT2D eigenvalue weighted by molar-refractivity contribution is -0.140. The predicted octanol–water partition coefficient (Wildman–Crippen LogP) is 5.05. The highest BCUT2D eigenvalue weighted by molar-refractivity contribution is 5.99. The Hall–Kier alpha value is -1.42. The molecule has 4 nitrogen and oxygen atoms in total. The van der Waals surface area contributed by atoms with E-state index in [2.05, 4.69) is 17.7 Å². The Morgan fingerprint density at radius 2 is 1.92 bits per heavy atom. The van der Waals surface area contributed by atoms with E-state index in [9.17, 15) is 14.7 Å². The number of hydrogen-bond donors (Lipinski definition) is 1. The van der Waals surface area contributed by atoms with E-state index < -0.39 is 5.60 Å². The van der Waals surface area contributed by atoms with Crippen LogP contribution in [0, 0.1) is 0 Å². The number of hydrogen-bond acceptors (Lipinski definition) is 4. The van der Waals surface area contributed by atoms with Gasteiger partial charge in [0.15, 0.2) is 5.78 Å². The quantitative estimate of drug-likeness (QED) is 0.367. The molecule has 0 fully saturated rings. The highest BCUT2D eigenvalue weighted by atomic mass is 16.5. The lowest BCUT2D eigenvalue weighted by Gasteiger charge is -2.21. The summed E-state index contributed by atoms with van der Waals surface area (Å²) in [6, 6.07) is 0. The number of Topliss-reactive ketones (excluding diaryl/α,β-unsaturated/α-hetero) is 1. The Bertz CT molecular complexity index is 514. The fourth-order valence-corrected chi connectivity index (χ4v) is 3.35. The van der Waals surface area contributed by atoms with Crippen molar-refractivity contribution in [2.45, 2.75) is 96.5 Å². The summed E-state index contributed by atoms with van der Waals surface area (Å²) in [7, 11) is 1.42. The molecule has 26 heavy (non-hydrogen) atoms. The molecule has 0 amide bonds. The van der Waals surface area contributed by atoms with E-state index in [-0.39, 0.29) is 11.8 Å². The Kier molecular flexibility index (Phi) is 10.5. The van der Waals surface area contributed by atoms with Gasteiger partial charge in [-0.3, -0.25) is 9.59 Å². The zero-order valence-corrected chi connectivity index (χ0v) is 16.8. The molecule has 0 heterocycles. The monoisotopic (exact) mass is 364 g/mol. The molecule has 1 aliphatic rings. The third-order valence-corrected chi connectivity index (χ3v) is 5.08. The van der Waals surface area contributed by atoms with Crippen LogP contribution in [0.2, 0.25) is 0 Å². The van der Waals surface area contributed by atoms with E-state index in [1.807, 2.05) is 13.0 Å². The highest BCUT2D eigenvalue weighted by Crippen LogP contribution is 2.29. The van der Waals surface area contributed by atoms with E-state index >= 15 is 0 Å². The molecule has 0 unspecified atom stereocenters. The molecule has 1 aliphatic carbocycles. The Morgan fingerprint density at radius 3 is 2.62 bits per heavy atom. The minimum absolute atomic E-state index is 0.152. The van der Waals surface area contributed by atoms with Crippen molar-refractivity contribution in [2.75, 3.05) is 7.11 Å². The maximum atomic E-state index is 12.1. The molecule has 0 spiro atoms. The molecule has 0 aromatic rings. The molecule has 0 saturated carbocycles. The van der Waals surface area contributed by atoms with Crippen LogP contribution in [0.1, 0.15) is 90.9 Å². The van der Waals surface area contributed by atoms with Crippen molar-refractivity contribution >= 4 is 11.8 Å². The molecule has 0 aromatic heterocycles. The molecule has 1 N–H and O–H groups in total. The second-order valence-corrected chi connectivity index (χ2v) is 7.62. The molecular formula is C22H36O4. The molecule has 0 saturated heterocycles. The van der Waals surface area contributed by atoms with Gasteiger partial charge in [-0.05, 0) is 56.6 Å². The van der Waals surface area contributed by atoms with Gasteiger partial charge < -0.3 is 9.84 Å². The number of allylic oxidation sites excluding steroid dienone is 3. The van der Waals surface area contributed by atoms with Gasteiger partial charge in [-0.1, -0.05) is 44.8 Å². The first-order chi connectivity index (χ1) is 12.4. The third-order valence-electron chi connectivity index (χ3n) is 5.08. The first-order valence-corrected chi connectivity index (χ1v) is 10.1. The third kappa shape index (κ3) is 8.79. The maximum absolute atomic E-state index is 12.1. The first-order valence-electron chi connectivity index (χ1n) is 10.1. The van der Waals surface area contributed by atoms with Crippen molar-refractivity contribution < 1.29 is 19.4 Å². The average Bonchev–Trinajstić information content (AvgIpc) is 2.96. The molecular weight excluding hydrogens is 328 g/mol. The second kappa shape index (κ2) is 12.1. The van der Waals surface area contributed by atoms with E-state index in [4.69, 9.17) is 0 Å².